The molecule has 2 aliphatic heterocycles. The quantitative estimate of drug-likeness (QED) is 0.786. The normalized spacial score (nSPS) is 23.6. The van der Waals surface area contributed by atoms with Crippen molar-refractivity contribution in [2.45, 2.75) is 25.3 Å². The zero-order chi connectivity index (χ0) is 19.4. The highest BCUT2D eigenvalue weighted by Crippen LogP contribution is 2.21. The van der Waals surface area contributed by atoms with Crippen LogP contribution in [0.3, 0.4) is 0 Å². The summed E-state index contributed by atoms with van der Waals surface area (Å²) < 4.78 is 30.9. The van der Waals surface area contributed by atoms with Crippen molar-refractivity contribution in [1.29, 1.82) is 0 Å². The molecule has 2 atom stereocenters. The number of rotatable bonds is 6. The Morgan fingerprint density at radius 1 is 1.15 bits per heavy atom. The zero-order valence-electron chi connectivity index (χ0n) is 16.1. The predicted octanol–water partition coefficient (Wildman–Crippen LogP) is 1.31. The molecule has 3 rings (SSSR count). The Morgan fingerprint density at radius 3 is 2.44 bits per heavy atom. The molecule has 0 saturated carbocycles. The van der Waals surface area contributed by atoms with E-state index >= 15 is 0 Å². The highest BCUT2D eigenvalue weighted by atomic mass is 32.2. The number of anilines is 1. The average molecular weight is 396 g/mol. The summed E-state index contributed by atoms with van der Waals surface area (Å²) in [7, 11) is -0.304. The van der Waals surface area contributed by atoms with Gasteiger partial charge in [-0.15, -0.1) is 0 Å². The van der Waals surface area contributed by atoms with Gasteiger partial charge in [-0.2, -0.15) is 0 Å². The smallest absolute Gasteiger partial charge is 0.251 e. The Kier molecular flexibility index (Phi) is 6.39. The molecule has 2 saturated heterocycles. The second-order valence-electron chi connectivity index (χ2n) is 7.53. The molecule has 27 heavy (non-hydrogen) atoms. The van der Waals surface area contributed by atoms with Crippen LogP contribution in [0.15, 0.2) is 24.3 Å². The van der Waals surface area contributed by atoms with Crippen LogP contribution in [-0.2, 0) is 14.8 Å². The molecule has 1 aromatic carbocycles. The second-order valence-corrected chi connectivity index (χ2v) is 9.76. The highest BCUT2D eigenvalue weighted by molar-refractivity contribution is 7.89. The number of hydrogen-bond donors (Lipinski definition) is 1. The van der Waals surface area contributed by atoms with Crippen LogP contribution < -0.4 is 10.2 Å². The molecule has 1 aromatic rings. The van der Waals surface area contributed by atoms with E-state index in [4.69, 9.17) is 4.74 Å². The maximum atomic E-state index is 12.6. The van der Waals surface area contributed by atoms with E-state index in [1.54, 1.807) is 0 Å². The van der Waals surface area contributed by atoms with E-state index in [1.807, 2.05) is 24.3 Å². The summed E-state index contributed by atoms with van der Waals surface area (Å²) in [5.74, 6) is -0.462. The predicted molar refractivity (Wildman–Crippen MR) is 106 cm³/mol. The van der Waals surface area contributed by atoms with Crippen LogP contribution in [0.1, 0.15) is 29.6 Å². The maximum Gasteiger partial charge on any atom is 0.251 e. The van der Waals surface area contributed by atoms with E-state index in [-0.39, 0.29) is 23.6 Å². The van der Waals surface area contributed by atoms with Gasteiger partial charge in [0.1, 0.15) is 0 Å². The van der Waals surface area contributed by atoms with Crippen LogP contribution in [0.4, 0.5) is 5.69 Å². The Balaban J connectivity index is 1.60. The van der Waals surface area contributed by atoms with Gasteiger partial charge in [-0.3, -0.25) is 4.79 Å². The third-order valence-corrected chi connectivity index (χ3v) is 7.31. The van der Waals surface area contributed by atoms with E-state index in [1.165, 1.54) is 37.7 Å². The lowest BCUT2D eigenvalue weighted by Crippen LogP contribution is -2.43. The van der Waals surface area contributed by atoms with Gasteiger partial charge in [-0.05, 0) is 43.5 Å². The Morgan fingerprint density at radius 2 is 1.81 bits per heavy atom. The van der Waals surface area contributed by atoms with Crippen molar-refractivity contribution >= 4 is 21.6 Å². The largest absolute Gasteiger partial charge is 0.379 e. The van der Waals surface area contributed by atoms with Gasteiger partial charge in [0.2, 0.25) is 10.0 Å². The number of carbonyl (C=O) groups excluding carboxylic acids is 1. The molecule has 0 bridgehead atoms. The van der Waals surface area contributed by atoms with Crippen molar-refractivity contribution in [1.82, 2.24) is 9.62 Å². The second kappa shape index (κ2) is 8.58. The number of piperidine rings is 1. The molecule has 2 fully saturated rings. The summed E-state index contributed by atoms with van der Waals surface area (Å²) in [6.07, 6.45) is 3.70. The first kappa shape index (κ1) is 20.1. The fraction of sp³-hybridized carbons (Fsp3) is 0.632. The molecule has 0 aliphatic carbocycles. The lowest BCUT2D eigenvalue weighted by molar-refractivity contribution is 0.0926. The van der Waals surface area contributed by atoms with Crippen LogP contribution in [0, 0.1) is 5.92 Å². The van der Waals surface area contributed by atoms with Gasteiger partial charge in [-0.25, -0.2) is 12.7 Å². The van der Waals surface area contributed by atoms with Crippen LogP contribution >= 0.6 is 0 Å². The lowest BCUT2D eigenvalue weighted by atomic mass is 10.1. The number of amides is 1. The van der Waals surface area contributed by atoms with Gasteiger partial charge >= 0.3 is 0 Å². The number of hydrogen-bond acceptors (Lipinski definition) is 5. The summed E-state index contributed by atoms with van der Waals surface area (Å²) in [6.45, 7) is 2.80. The van der Waals surface area contributed by atoms with Gasteiger partial charge < -0.3 is 15.0 Å². The monoisotopic (exact) mass is 395 g/mol. The van der Waals surface area contributed by atoms with E-state index in [9.17, 15) is 13.2 Å². The standard InChI is InChI=1S/C19H29N3O4S/c1-21(2)27(24,25)14-16-12-26-13-18(16)20-19(23)15-6-8-17(9-7-15)22-10-4-3-5-11-22/h6-9,16,18H,3-5,10-14H2,1-2H3,(H,20,23)/t16-,18-/m0/s1. The first-order valence-electron chi connectivity index (χ1n) is 9.50. The van der Waals surface area contributed by atoms with Crippen molar-refractivity contribution in [3.63, 3.8) is 0 Å². The molecule has 2 aliphatic rings. The van der Waals surface area contributed by atoms with Crippen LogP contribution in [0.25, 0.3) is 0 Å². The van der Waals surface area contributed by atoms with Gasteiger partial charge in [0, 0.05) is 44.4 Å². The van der Waals surface area contributed by atoms with E-state index in [2.05, 4.69) is 10.2 Å². The summed E-state index contributed by atoms with van der Waals surface area (Å²) in [5.41, 5.74) is 1.72. The molecular weight excluding hydrogens is 366 g/mol. The van der Waals surface area contributed by atoms with Crippen molar-refractivity contribution < 1.29 is 17.9 Å². The first-order chi connectivity index (χ1) is 12.9. The minimum Gasteiger partial charge on any atom is -0.379 e. The van der Waals surface area contributed by atoms with Gasteiger partial charge in [-0.1, -0.05) is 0 Å². The topological polar surface area (TPSA) is 79.0 Å². The summed E-state index contributed by atoms with van der Waals surface area (Å²) >= 11 is 0. The Labute approximate surface area is 161 Å². The molecular formula is C19H29N3O4S. The average Bonchev–Trinajstić information content (AvgIpc) is 3.08. The Hall–Kier alpha value is -1.64. The minimum absolute atomic E-state index is 0.0289. The van der Waals surface area contributed by atoms with Crippen molar-refractivity contribution in [2.24, 2.45) is 5.92 Å². The molecule has 8 heteroatoms. The van der Waals surface area contributed by atoms with Crippen molar-refractivity contribution in [2.75, 3.05) is 51.1 Å². The number of carbonyl (C=O) groups is 1. The van der Waals surface area contributed by atoms with E-state index < -0.39 is 10.0 Å². The van der Waals surface area contributed by atoms with Crippen LogP contribution in [-0.4, -0.2) is 70.8 Å². The summed E-state index contributed by atoms with van der Waals surface area (Å²) in [4.78, 5) is 14.9. The maximum absolute atomic E-state index is 12.6. The van der Waals surface area contributed by atoms with E-state index in [0.717, 1.165) is 18.8 Å². The molecule has 7 nitrogen and oxygen atoms in total. The highest BCUT2D eigenvalue weighted by Gasteiger charge is 2.34. The molecule has 1 N–H and O–H groups in total. The van der Waals surface area contributed by atoms with Gasteiger partial charge in [0.25, 0.3) is 5.91 Å². The SMILES string of the molecule is CN(C)S(=O)(=O)C[C@@H]1COC[C@@H]1NC(=O)c1ccc(N2CCCCC2)cc1. The summed E-state index contributed by atoms with van der Waals surface area (Å²) in [6, 6.07) is 7.34. The van der Waals surface area contributed by atoms with Crippen molar-refractivity contribution in [3.8, 4) is 0 Å². The number of nitrogens with one attached hydrogen (secondary N) is 1. The molecule has 1 amide bonds. The molecule has 0 spiro atoms. The molecule has 0 aromatic heterocycles. The fourth-order valence-electron chi connectivity index (χ4n) is 3.57. The number of nitrogens with zero attached hydrogens (tertiary/aromatic N) is 2. The third-order valence-electron chi connectivity index (χ3n) is 5.35. The minimum atomic E-state index is -3.34. The molecule has 0 unspecified atom stereocenters. The lowest BCUT2D eigenvalue weighted by Gasteiger charge is -2.28. The van der Waals surface area contributed by atoms with Crippen molar-refractivity contribution in [3.05, 3.63) is 29.8 Å². The number of sulfonamides is 1. The van der Waals surface area contributed by atoms with Gasteiger partial charge in [0.15, 0.2) is 0 Å². The summed E-state index contributed by atoms with van der Waals surface area (Å²) in [5, 5.41) is 2.95. The number of ether oxygens (including phenoxy) is 1. The molecule has 150 valence electrons. The van der Waals surface area contributed by atoms with Crippen LogP contribution in [0.5, 0.6) is 0 Å². The third kappa shape index (κ3) is 5.00. The molecule has 0 radical (unpaired) electrons. The zero-order valence-corrected chi connectivity index (χ0v) is 16.9. The first-order valence-corrected chi connectivity index (χ1v) is 11.1. The Bertz CT molecular complexity index is 743. The number of benzene rings is 1. The van der Waals surface area contributed by atoms with Crippen LogP contribution in [0.2, 0.25) is 0 Å². The van der Waals surface area contributed by atoms with E-state index in [0.29, 0.717) is 18.8 Å². The van der Waals surface area contributed by atoms with Gasteiger partial charge in [0.05, 0.1) is 25.0 Å². The molecule has 2 heterocycles. The fourth-order valence-corrected chi connectivity index (χ4v) is 4.74.